The van der Waals surface area contributed by atoms with Crippen LogP contribution in [0.4, 0.5) is 5.95 Å². The van der Waals surface area contributed by atoms with E-state index < -0.39 is 5.97 Å². The largest absolute Gasteiger partial charge is 0.478 e. The zero-order valence-electron chi connectivity index (χ0n) is 9.79. The number of hydrogen-bond acceptors (Lipinski definition) is 5. The summed E-state index contributed by atoms with van der Waals surface area (Å²) in [7, 11) is 0. The highest BCUT2D eigenvalue weighted by atomic mass is 16.4. The summed E-state index contributed by atoms with van der Waals surface area (Å²) in [6.07, 6.45) is 3.63. The summed E-state index contributed by atoms with van der Waals surface area (Å²) in [6.45, 7) is 1.82. The number of aromatic nitrogens is 3. The minimum atomic E-state index is -1.06. The summed E-state index contributed by atoms with van der Waals surface area (Å²) in [5.74, 6) is -0.984. The average Bonchev–Trinajstić information content (AvgIpc) is 2.38. The lowest BCUT2D eigenvalue weighted by Gasteiger charge is -2.09. The van der Waals surface area contributed by atoms with E-state index in [0.717, 1.165) is 0 Å². The monoisotopic (exact) mass is 244 g/mol. The van der Waals surface area contributed by atoms with Crippen LogP contribution < -0.4 is 5.73 Å². The lowest BCUT2D eigenvalue weighted by molar-refractivity contribution is 0.0695. The molecule has 0 saturated heterocycles. The number of nitrogens with zero attached hydrogens (tertiary/aromatic N) is 3. The molecule has 0 aromatic carbocycles. The summed E-state index contributed by atoms with van der Waals surface area (Å²) in [5, 5.41) is 9.29. The highest BCUT2D eigenvalue weighted by molar-refractivity contribution is 5.96. The normalized spacial score (nSPS) is 10.3. The van der Waals surface area contributed by atoms with E-state index in [1.54, 1.807) is 24.5 Å². The second-order valence-corrected chi connectivity index (χ2v) is 3.65. The van der Waals surface area contributed by atoms with Crippen molar-refractivity contribution in [2.45, 2.75) is 13.3 Å². The molecule has 2 aromatic heterocycles. The number of nitrogen functional groups attached to an aromatic ring is 1. The lowest BCUT2D eigenvalue weighted by Crippen LogP contribution is -2.11. The van der Waals surface area contributed by atoms with Gasteiger partial charge in [-0.1, -0.05) is 6.92 Å². The van der Waals surface area contributed by atoms with E-state index in [9.17, 15) is 9.90 Å². The van der Waals surface area contributed by atoms with Crippen molar-refractivity contribution in [2.75, 3.05) is 5.73 Å². The van der Waals surface area contributed by atoms with Crippen LogP contribution in [0.1, 0.15) is 23.0 Å². The smallest absolute Gasteiger partial charge is 0.339 e. The van der Waals surface area contributed by atoms with Gasteiger partial charge in [-0.15, -0.1) is 0 Å². The number of pyridine rings is 1. The third kappa shape index (κ3) is 2.13. The Bertz CT molecular complexity index is 584. The standard InChI is InChI=1S/C12H12N4O2/c1-2-8-9(11(17)18)10(16-12(13)15-8)7-3-5-14-6-4-7/h3-6H,2H2,1H3,(H,17,18)(H2,13,15,16). The number of rotatable bonds is 3. The second-order valence-electron chi connectivity index (χ2n) is 3.65. The van der Waals surface area contributed by atoms with Gasteiger partial charge in [0.2, 0.25) is 5.95 Å². The molecule has 92 valence electrons. The molecule has 0 atom stereocenters. The van der Waals surface area contributed by atoms with Gasteiger partial charge in [-0.3, -0.25) is 4.98 Å². The maximum Gasteiger partial charge on any atom is 0.339 e. The Hall–Kier alpha value is -2.50. The van der Waals surface area contributed by atoms with Crippen molar-refractivity contribution in [1.29, 1.82) is 0 Å². The summed E-state index contributed by atoms with van der Waals surface area (Å²) < 4.78 is 0. The highest BCUT2D eigenvalue weighted by Gasteiger charge is 2.19. The van der Waals surface area contributed by atoms with Gasteiger partial charge in [0.25, 0.3) is 0 Å². The molecule has 2 aromatic rings. The van der Waals surface area contributed by atoms with Crippen molar-refractivity contribution in [3.63, 3.8) is 0 Å². The predicted octanol–water partition coefficient (Wildman–Crippen LogP) is 1.38. The summed E-state index contributed by atoms with van der Waals surface area (Å²) >= 11 is 0. The van der Waals surface area contributed by atoms with Gasteiger partial charge in [0.1, 0.15) is 5.56 Å². The number of carboxylic acid groups (broad SMARTS) is 1. The Labute approximate surface area is 104 Å². The average molecular weight is 244 g/mol. The number of anilines is 1. The second kappa shape index (κ2) is 4.79. The molecule has 0 bridgehead atoms. The number of aryl methyl sites for hydroxylation is 1. The fourth-order valence-corrected chi connectivity index (χ4v) is 1.73. The lowest BCUT2D eigenvalue weighted by atomic mass is 10.0. The van der Waals surface area contributed by atoms with Crippen LogP contribution >= 0.6 is 0 Å². The molecule has 0 radical (unpaired) electrons. The van der Waals surface area contributed by atoms with Gasteiger partial charge in [-0.2, -0.15) is 0 Å². The molecule has 6 heteroatoms. The molecule has 2 heterocycles. The van der Waals surface area contributed by atoms with E-state index >= 15 is 0 Å². The molecule has 0 amide bonds. The van der Waals surface area contributed by atoms with Gasteiger partial charge >= 0.3 is 5.97 Å². The molecule has 0 unspecified atom stereocenters. The number of nitrogens with two attached hydrogens (primary N) is 1. The predicted molar refractivity (Wildman–Crippen MR) is 66.0 cm³/mol. The van der Waals surface area contributed by atoms with Gasteiger partial charge in [-0.05, 0) is 18.6 Å². The van der Waals surface area contributed by atoms with Crippen molar-refractivity contribution >= 4 is 11.9 Å². The van der Waals surface area contributed by atoms with Crippen LogP contribution in [0.2, 0.25) is 0 Å². The number of carboxylic acids is 1. The summed E-state index contributed by atoms with van der Waals surface area (Å²) in [5.41, 5.74) is 7.12. The quantitative estimate of drug-likeness (QED) is 0.845. The van der Waals surface area contributed by atoms with Gasteiger partial charge in [-0.25, -0.2) is 14.8 Å². The molecular formula is C12H12N4O2. The fourth-order valence-electron chi connectivity index (χ4n) is 1.73. The molecule has 0 spiro atoms. The summed E-state index contributed by atoms with van der Waals surface area (Å²) in [4.78, 5) is 23.2. The maximum absolute atomic E-state index is 11.3. The van der Waals surface area contributed by atoms with Crippen LogP contribution in [0.25, 0.3) is 11.3 Å². The molecule has 0 aliphatic carbocycles. The van der Waals surface area contributed by atoms with E-state index in [0.29, 0.717) is 23.4 Å². The zero-order valence-corrected chi connectivity index (χ0v) is 9.79. The first-order chi connectivity index (χ1) is 8.63. The number of hydrogen-bond donors (Lipinski definition) is 2. The molecule has 6 nitrogen and oxygen atoms in total. The molecule has 3 N–H and O–H groups in total. The molecule has 0 saturated carbocycles. The minimum absolute atomic E-state index is 0.0728. The third-order valence-electron chi connectivity index (χ3n) is 2.50. The number of carbonyl (C=O) groups is 1. The molecule has 2 rings (SSSR count). The molecule has 18 heavy (non-hydrogen) atoms. The van der Waals surface area contributed by atoms with E-state index in [1.807, 2.05) is 6.92 Å². The van der Waals surface area contributed by atoms with Gasteiger partial charge in [0.05, 0.1) is 11.4 Å². The Kier molecular flexibility index (Phi) is 3.18. The Morgan fingerprint density at radius 1 is 1.33 bits per heavy atom. The fraction of sp³-hybridized carbons (Fsp3) is 0.167. The molecule has 0 aliphatic rings. The summed E-state index contributed by atoms with van der Waals surface area (Å²) in [6, 6.07) is 3.38. The van der Waals surface area contributed by atoms with Gasteiger partial charge in [0.15, 0.2) is 0 Å². The van der Waals surface area contributed by atoms with Crippen molar-refractivity contribution in [1.82, 2.24) is 15.0 Å². The SMILES string of the molecule is CCc1nc(N)nc(-c2ccncc2)c1C(=O)O. The van der Waals surface area contributed by atoms with Gasteiger partial charge < -0.3 is 10.8 Å². The first-order valence-corrected chi connectivity index (χ1v) is 5.43. The van der Waals surface area contributed by atoms with Crippen molar-refractivity contribution in [3.8, 4) is 11.3 Å². The zero-order chi connectivity index (χ0) is 13.1. The van der Waals surface area contributed by atoms with Crippen LogP contribution in [-0.4, -0.2) is 26.0 Å². The Balaban J connectivity index is 2.73. The molecular weight excluding hydrogens is 232 g/mol. The van der Waals surface area contributed by atoms with Crippen LogP contribution in [0.5, 0.6) is 0 Å². The van der Waals surface area contributed by atoms with Crippen LogP contribution in [0, 0.1) is 0 Å². The van der Waals surface area contributed by atoms with Crippen molar-refractivity contribution < 1.29 is 9.90 Å². The van der Waals surface area contributed by atoms with E-state index in [2.05, 4.69) is 15.0 Å². The van der Waals surface area contributed by atoms with E-state index in [-0.39, 0.29) is 11.5 Å². The minimum Gasteiger partial charge on any atom is -0.478 e. The third-order valence-corrected chi connectivity index (χ3v) is 2.50. The topological polar surface area (TPSA) is 102 Å². The molecule has 0 aliphatic heterocycles. The van der Waals surface area contributed by atoms with E-state index in [4.69, 9.17) is 5.73 Å². The van der Waals surface area contributed by atoms with Crippen molar-refractivity contribution in [2.24, 2.45) is 0 Å². The van der Waals surface area contributed by atoms with Crippen LogP contribution in [-0.2, 0) is 6.42 Å². The Morgan fingerprint density at radius 3 is 2.56 bits per heavy atom. The van der Waals surface area contributed by atoms with Crippen molar-refractivity contribution in [3.05, 3.63) is 35.8 Å². The van der Waals surface area contributed by atoms with E-state index in [1.165, 1.54) is 0 Å². The highest BCUT2D eigenvalue weighted by Crippen LogP contribution is 2.24. The van der Waals surface area contributed by atoms with Crippen LogP contribution in [0.3, 0.4) is 0 Å². The van der Waals surface area contributed by atoms with Crippen LogP contribution in [0.15, 0.2) is 24.5 Å². The van der Waals surface area contributed by atoms with Gasteiger partial charge in [0, 0.05) is 18.0 Å². The maximum atomic E-state index is 11.3. The number of aromatic carboxylic acids is 1. The first kappa shape index (κ1) is 12.0. The molecule has 0 fully saturated rings. The Morgan fingerprint density at radius 2 is 2.00 bits per heavy atom. The first-order valence-electron chi connectivity index (χ1n) is 5.43.